The Hall–Kier alpha value is -0.750. The lowest BCUT2D eigenvalue weighted by atomic mass is 9.77. The number of benzene rings is 1. The molecule has 1 aromatic carbocycles. The zero-order valence-corrected chi connectivity index (χ0v) is 13.6. The van der Waals surface area contributed by atoms with Crippen LogP contribution < -0.4 is 9.47 Å². The number of hydrogen-bond acceptors (Lipinski definition) is 3. The average molecular weight is 394 g/mol. The monoisotopic (exact) mass is 392 g/mol. The van der Waals surface area contributed by atoms with Gasteiger partial charge in [-0.05, 0) is 63.3 Å². The fourth-order valence-electron chi connectivity index (χ4n) is 2.14. The molecule has 1 fully saturated rings. The highest BCUT2D eigenvalue weighted by Crippen LogP contribution is 2.43. The Kier molecular flexibility index (Phi) is 4.40. The van der Waals surface area contributed by atoms with E-state index in [0.29, 0.717) is 11.5 Å². The van der Waals surface area contributed by atoms with Gasteiger partial charge in [0.15, 0.2) is 0 Å². The normalized spacial score (nSPS) is 16.6. The molecule has 1 N–H and O–H groups in total. The van der Waals surface area contributed by atoms with Crippen LogP contribution in [0.4, 0.5) is 0 Å². The Morgan fingerprint density at radius 1 is 1.32 bits per heavy atom. The minimum atomic E-state index is -0.830. The van der Waals surface area contributed by atoms with Crippen LogP contribution in [0.25, 0.3) is 0 Å². The number of aliphatic carboxylic acids is 1. The standard InChI is InChI=1S/C13H14Br2O4/c1-18-10-5-9(15)11(6-8(10)14)19-13(3-2-4-13)7-12(16)17/h5-6H,2-4,7H2,1H3,(H,16,17). The molecule has 0 atom stereocenters. The van der Waals surface area contributed by atoms with Gasteiger partial charge < -0.3 is 14.6 Å². The van der Waals surface area contributed by atoms with Gasteiger partial charge in [-0.15, -0.1) is 0 Å². The van der Waals surface area contributed by atoms with E-state index in [1.165, 1.54) is 0 Å². The maximum Gasteiger partial charge on any atom is 0.307 e. The van der Waals surface area contributed by atoms with Crippen LogP contribution in [0, 0.1) is 0 Å². The number of carbonyl (C=O) groups is 1. The van der Waals surface area contributed by atoms with Crippen LogP contribution in [0.3, 0.4) is 0 Å². The van der Waals surface area contributed by atoms with E-state index in [1.807, 2.05) is 0 Å². The van der Waals surface area contributed by atoms with Crippen molar-refractivity contribution in [2.75, 3.05) is 7.11 Å². The molecular weight excluding hydrogens is 380 g/mol. The first-order valence-corrected chi connectivity index (χ1v) is 7.48. The topological polar surface area (TPSA) is 55.8 Å². The molecular formula is C13H14Br2O4. The third kappa shape index (κ3) is 3.23. The van der Waals surface area contributed by atoms with Crippen molar-refractivity contribution in [3.8, 4) is 11.5 Å². The van der Waals surface area contributed by atoms with Crippen molar-refractivity contribution >= 4 is 37.8 Å². The Morgan fingerprint density at radius 2 is 1.89 bits per heavy atom. The molecule has 0 amide bonds. The molecule has 1 aliphatic rings. The van der Waals surface area contributed by atoms with Crippen molar-refractivity contribution in [1.82, 2.24) is 0 Å². The fraction of sp³-hybridized carbons (Fsp3) is 0.462. The maximum absolute atomic E-state index is 10.9. The van der Waals surface area contributed by atoms with E-state index in [1.54, 1.807) is 19.2 Å². The summed E-state index contributed by atoms with van der Waals surface area (Å²) in [6.45, 7) is 0. The fourth-order valence-corrected chi connectivity index (χ4v) is 3.03. The smallest absolute Gasteiger partial charge is 0.307 e. The van der Waals surface area contributed by atoms with Gasteiger partial charge in [-0.3, -0.25) is 4.79 Å². The molecule has 6 heteroatoms. The lowest BCUT2D eigenvalue weighted by Crippen LogP contribution is -2.45. The minimum Gasteiger partial charge on any atom is -0.496 e. The van der Waals surface area contributed by atoms with Gasteiger partial charge in [-0.25, -0.2) is 0 Å². The van der Waals surface area contributed by atoms with Gasteiger partial charge in [-0.2, -0.15) is 0 Å². The number of rotatable bonds is 5. The van der Waals surface area contributed by atoms with Gasteiger partial charge in [0.05, 0.1) is 22.5 Å². The molecule has 0 aliphatic heterocycles. The molecule has 1 aromatic rings. The summed E-state index contributed by atoms with van der Waals surface area (Å²) in [5, 5.41) is 8.98. The molecule has 1 saturated carbocycles. The molecule has 0 spiro atoms. The van der Waals surface area contributed by atoms with Crippen molar-refractivity contribution < 1.29 is 19.4 Å². The van der Waals surface area contributed by atoms with Gasteiger partial charge in [0.2, 0.25) is 0 Å². The number of halogens is 2. The summed E-state index contributed by atoms with van der Waals surface area (Å²) in [5.41, 5.74) is -0.567. The first-order valence-electron chi connectivity index (χ1n) is 5.90. The molecule has 0 aromatic heterocycles. The summed E-state index contributed by atoms with van der Waals surface area (Å²) >= 11 is 6.82. The zero-order valence-electron chi connectivity index (χ0n) is 10.4. The van der Waals surface area contributed by atoms with Gasteiger partial charge in [0.1, 0.15) is 17.1 Å². The van der Waals surface area contributed by atoms with Crippen LogP contribution in [0.15, 0.2) is 21.1 Å². The molecule has 0 radical (unpaired) electrons. The first-order chi connectivity index (χ1) is 8.96. The van der Waals surface area contributed by atoms with Crippen LogP contribution in [-0.2, 0) is 4.79 Å². The summed E-state index contributed by atoms with van der Waals surface area (Å²) in [6, 6.07) is 3.59. The molecule has 2 rings (SSSR count). The van der Waals surface area contributed by atoms with Crippen LogP contribution in [-0.4, -0.2) is 23.8 Å². The average Bonchev–Trinajstić information content (AvgIpc) is 2.29. The predicted molar refractivity (Wildman–Crippen MR) is 77.9 cm³/mol. The van der Waals surface area contributed by atoms with E-state index < -0.39 is 11.6 Å². The number of carboxylic acid groups (broad SMARTS) is 1. The zero-order chi connectivity index (χ0) is 14.0. The van der Waals surface area contributed by atoms with Gasteiger partial charge in [-0.1, -0.05) is 0 Å². The molecule has 0 unspecified atom stereocenters. The molecule has 104 valence electrons. The van der Waals surface area contributed by atoms with Crippen molar-refractivity contribution in [2.24, 2.45) is 0 Å². The molecule has 0 bridgehead atoms. The summed E-state index contributed by atoms with van der Waals surface area (Å²) < 4.78 is 12.7. The summed E-state index contributed by atoms with van der Waals surface area (Å²) in [4.78, 5) is 10.9. The Balaban J connectivity index is 2.23. The number of ether oxygens (including phenoxy) is 2. The Labute approximate surface area is 128 Å². The number of hydrogen-bond donors (Lipinski definition) is 1. The first kappa shape index (κ1) is 14.7. The van der Waals surface area contributed by atoms with Crippen molar-refractivity contribution in [3.63, 3.8) is 0 Å². The molecule has 4 nitrogen and oxygen atoms in total. The highest BCUT2D eigenvalue weighted by Gasteiger charge is 2.42. The SMILES string of the molecule is COc1cc(Br)c(OC2(CC(=O)O)CCC2)cc1Br. The van der Waals surface area contributed by atoms with Crippen LogP contribution in [0.2, 0.25) is 0 Å². The van der Waals surface area contributed by atoms with Crippen molar-refractivity contribution in [3.05, 3.63) is 21.1 Å². The van der Waals surface area contributed by atoms with Crippen LogP contribution in [0.5, 0.6) is 11.5 Å². The molecule has 0 heterocycles. The second kappa shape index (κ2) is 5.71. The maximum atomic E-state index is 10.9. The van der Waals surface area contributed by atoms with E-state index in [2.05, 4.69) is 31.9 Å². The van der Waals surface area contributed by atoms with E-state index in [9.17, 15) is 4.79 Å². The van der Waals surface area contributed by atoms with Crippen LogP contribution >= 0.6 is 31.9 Å². The molecule has 1 aliphatic carbocycles. The van der Waals surface area contributed by atoms with E-state index in [4.69, 9.17) is 14.6 Å². The quantitative estimate of drug-likeness (QED) is 0.821. The second-order valence-corrected chi connectivity index (χ2v) is 6.33. The third-order valence-electron chi connectivity index (χ3n) is 3.27. The van der Waals surface area contributed by atoms with Crippen LogP contribution in [0.1, 0.15) is 25.7 Å². The second-order valence-electron chi connectivity index (χ2n) is 4.63. The van der Waals surface area contributed by atoms with E-state index >= 15 is 0 Å². The van der Waals surface area contributed by atoms with Gasteiger partial charge in [0.25, 0.3) is 0 Å². The van der Waals surface area contributed by atoms with E-state index in [0.717, 1.165) is 28.2 Å². The lowest BCUT2D eigenvalue weighted by molar-refractivity contribution is -0.144. The van der Waals surface area contributed by atoms with Crippen molar-refractivity contribution in [2.45, 2.75) is 31.3 Å². The summed E-state index contributed by atoms with van der Waals surface area (Å²) in [5.74, 6) is 0.497. The summed E-state index contributed by atoms with van der Waals surface area (Å²) in [6.07, 6.45) is 2.58. The third-order valence-corrected chi connectivity index (χ3v) is 4.51. The highest BCUT2D eigenvalue weighted by molar-refractivity contribution is 9.11. The van der Waals surface area contributed by atoms with Gasteiger partial charge in [0, 0.05) is 0 Å². The highest BCUT2D eigenvalue weighted by atomic mass is 79.9. The predicted octanol–water partition coefficient (Wildman–Crippen LogP) is 4.00. The lowest BCUT2D eigenvalue weighted by Gasteiger charge is -2.41. The largest absolute Gasteiger partial charge is 0.496 e. The molecule has 0 saturated heterocycles. The number of methoxy groups -OCH3 is 1. The minimum absolute atomic E-state index is 0.0308. The number of carboxylic acids is 1. The Bertz CT molecular complexity index is 498. The van der Waals surface area contributed by atoms with E-state index in [-0.39, 0.29) is 6.42 Å². The molecule has 19 heavy (non-hydrogen) atoms. The van der Waals surface area contributed by atoms with Crippen molar-refractivity contribution in [1.29, 1.82) is 0 Å². The van der Waals surface area contributed by atoms with Gasteiger partial charge >= 0.3 is 5.97 Å². The Morgan fingerprint density at radius 3 is 2.37 bits per heavy atom. The summed E-state index contributed by atoms with van der Waals surface area (Å²) in [7, 11) is 1.59.